The van der Waals surface area contributed by atoms with Crippen molar-refractivity contribution < 1.29 is 27.5 Å². The molecule has 2 aromatic rings. The van der Waals surface area contributed by atoms with E-state index in [0.29, 0.717) is 26.2 Å². The van der Waals surface area contributed by atoms with Gasteiger partial charge in [-0.2, -0.15) is 4.31 Å². The maximum atomic E-state index is 13.3. The van der Waals surface area contributed by atoms with Crippen LogP contribution in [0.15, 0.2) is 47.4 Å². The molecule has 34 heavy (non-hydrogen) atoms. The zero-order valence-corrected chi connectivity index (χ0v) is 20.2. The van der Waals surface area contributed by atoms with Crippen LogP contribution in [0.1, 0.15) is 47.2 Å². The van der Waals surface area contributed by atoms with Crippen molar-refractivity contribution in [3.8, 4) is 5.75 Å². The number of fused-ring (bicyclic) bond motifs is 1. The summed E-state index contributed by atoms with van der Waals surface area (Å²) in [4.78, 5) is 26.9. The Balaban J connectivity index is 1.45. The van der Waals surface area contributed by atoms with Crippen LogP contribution < -0.4 is 4.74 Å². The molecule has 2 aliphatic heterocycles. The van der Waals surface area contributed by atoms with Gasteiger partial charge in [-0.05, 0) is 48.6 Å². The van der Waals surface area contributed by atoms with Crippen molar-refractivity contribution in [1.29, 1.82) is 0 Å². The van der Waals surface area contributed by atoms with Crippen LogP contribution in [0.4, 0.5) is 0 Å². The van der Waals surface area contributed by atoms with E-state index in [2.05, 4.69) is 6.07 Å². The highest BCUT2D eigenvalue weighted by molar-refractivity contribution is 7.89. The average Bonchev–Trinajstić information content (AvgIpc) is 3.16. The van der Waals surface area contributed by atoms with Crippen LogP contribution in [0.5, 0.6) is 5.75 Å². The molecule has 2 aliphatic rings. The van der Waals surface area contributed by atoms with Gasteiger partial charge in [-0.3, -0.25) is 4.79 Å². The van der Waals surface area contributed by atoms with Crippen molar-refractivity contribution in [3.63, 3.8) is 0 Å². The molecule has 182 valence electrons. The predicted molar refractivity (Wildman–Crippen MR) is 126 cm³/mol. The first-order valence-corrected chi connectivity index (χ1v) is 13.0. The molecule has 0 spiro atoms. The van der Waals surface area contributed by atoms with Crippen LogP contribution in [-0.2, 0) is 32.5 Å². The van der Waals surface area contributed by atoms with Crippen molar-refractivity contribution in [2.24, 2.45) is 0 Å². The molecule has 1 fully saturated rings. The Morgan fingerprint density at radius 2 is 1.65 bits per heavy atom. The molecule has 8 nitrogen and oxygen atoms in total. The van der Waals surface area contributed by atoms with Crippen molar-refractivity contribution in [2.45, 2.75) is 43.5 Å². The molecule has 1 amide bonds. The summed E-state index contributed by atoms with van der Waals surface area (Å²) in [6, 6.07) is 12.1. The highest BCUT2D eigenvalue weighted by atomic mass is 32.2. The zero-order chi connectivity index (χ0) is 24.1. The number of rotatable bonds is 6. The van der Waals surface area contributed by atoms with Gasteiger partial charge in [0.15, 0.2) is 6.61 Å². The van der Waals surface area contributed by atoms with Crippen molar-refractivity contribution in [2.75, 3.05) is 33.4 Å². The molecule has 0 atom stereocenters. The molecule has 0 aliphatic carbocycles. The second-order valence-electron chi connectivity index (χ2n) is 8.59. The maximum Gasteiger partial charge on any atom is 0.338 e. The minimum absolute atomic E-state index is 0.0611. The zero-order valence-electron chi connectivity index (χ0n) is 19.4. The van der Waals surface area contributed by atoms with Gasteiger partial charge in [-0.1, -0.05) is 37.1 Å². The fraction of sp³-hybridized carbons (Fsp3) is 0.440. The van der Waals surface area contributed by atoms with Gasteiger partial charge in [0.25, 0.3) is 5.91 Å². The number of methoxy groups -OCH3 is 1. The largest absolute Gasteiger partial charge is 0.495 e. The number of nitrogens with zero attached hydrogens (tertiary/aromatic N) is 2. The van der Waals surface area contributed by atoms with Crippen molar-refractivity contribution >= 4 is 21.9 Å². The van der Waals surface area contributed by atoms with Crippen molar-refractivity contribution in [1.82, 2.24) is 9.21 Å². The van der Waals surface area contributed by atoms with Gasteiger partial charge < -0.3 is 14.4 Å². The molecule has 0 unspecified atom stereocenters. The summed E-state index contributed by atoms with van der Waals surface area (Å²) >= 11 is 0. The lowest BCUT2D eigenvalue weighted by Crippen LogP contribution is -2.38. The van der Waals surface area contributed by atoms with E-state index in [4.69, 9.17) is 9.47 Å². The normalized spacial score (nSPS) is 16.9. The second-order valence-corrected chi connectivity index (χ2v) is 10.5. The van der Waals surface area contributed by atoms with E-state index in [-0.39, 0.29) is 22.1 Å². The third-order valence-corrected chi connectivity index (χ3v) is 8.31. The molecule has 0 N–H and O–H groups in total. The topological polar surface area (TPSA) is 93.2 Å². The van der Waals surface area contributed by atoms with Gasteiger partial charge in [-0.15, -0.1) is 0 Å². The molecule has 0 saturated carbocycles. The molecule has 0 aromatic heterocycles. The molecule has 0 radical (unpaired) electrons. The summed E-state index contributed by atoms with van der Waals surface area (Å²) in [6.45, 7) is 1.52. The Kier molecular flexibility index (Phi) is 7.53. The number of carbonyl (C=O) groups excluding carboxylic acids is 2. The van der Waals surface area contributed by atoms with Gasteiger partial charge in [0, 0.05) is 26.2 Å². The molecular weight excluding hydrogens is 456 g/mol. The van der Waals surface area contributed by atoms with Gasteiger partial charge >= 0.3 is 5.97 Å². The number of ether oxygens (including phenoxy) is 2. The van der Waals surface area contributed by atoms with E-state index in [9.17, 15) is 18.0 Å². The fourth-order valence-electron chi connectivity index (χ4n) is 4.44. The Morgan fingerprint density at radius 1 is 0.941 bits per heavy atom. The minimum atomic E-state index is -3.84. The van der Waals surface area contributed by atoms with Gasteiger partial charge in [0.1, 0.15) is 10.6 Å². The lowest BCUT2D eigenvalue weighted by molar-refractivity contribution is -0.135. The maximum absolute atomic E-state index is 13.3. The van der Waals surface area contributed by atoms with Crippen LogP contribution in [0.25, 0.3) is 0 Å². The smallest absolute Gasteiger partial charge is 0.338 e. The molecule has 0 bridgehead atoms. The second kappa shape index (κ2) is 10.6. The van der Waals surface area contributed by atoms with E-state index in [1.54, 1.807) is 4.90 Å². The highest BCUT2D eigenvalue weighted by Crippen LogP contribution is 2.29. The first kappa shape index (κ1) is 24.2. The van der Waals surface area contributed by atoms with Crippen LogP contribution >= 0.6 is 0 Å². The van der Waals surface area contributed by atoms with Crippen LogP contribution in [0, 0.1) is 0 Å². The standard InChI is InChI=1S/C25H30N2O6S/c1-32-22-11-10-20(16-23(22)34(30,31)27-13-6-2-3-7-14-27)25(29)33-18-24(28)26-15-12-19-8-4-5-9-21(19)17-26/h4-5,8-11,16H,2-3,6-7,12-15,17-18H2,1H3. The number of hydrogen-bond donors (Lipinski definition) is 0. The first-order valence-electron chi connectivity index (χ1n) is 11.6. The van der Waals surface area contributed by atoms with Crippen LogP contribution in [0.3, 0.4) is 0 Å². The minimum Gasteiger partial charge on any atom is -0.495 e. The lowest BCUT2D eigenvalue weighted by atomic mass is 10.00. The fourth-order valence-corrected chi connectivity index (χ4v) is 6.14. The number of benzene rings is 2. The van der Waals surface area contributed by atoms with Crippen LogP contribution in [0.2, 0.25) is 0 Å². The third kappa shape index (κ3) is 5.26. The van der Waals surface area contributed by atoms with E-state index in [0.717, 1.165) is 37.7 Å². The summed E-state index contributed by atoms with van der Waals surface area (Å²) in [7, 11) is -2.44. The van der Waals surface area contributed by atoms with E-state index in [1.807, 2.05) is 18.2 Å². The number of hydrogen-bond acceptors (Lipinski definition) is 6. The molecule has 2 heterocycles. The summed E-state index contributed by atoms with van der Waals surface area (Å²) in [5.41, 5.74) is 2.37. The Morgan fingerprint density at radius 3 is 2.35 bits per heavy atom. The average molecular weight is 487 g/mol. The van der Waals surface area contributed by atoms with E-state index >= 15 is 0 Å². The molecule has 9 heteroatoms. The summed E-state index contributed by atoms with van der Waals surface area (Å²) < 4.78 is 38.6. The van der Waals surface area contributed by atoms with Crippen molar-refractivity contribution in [3.05, 3.63) is 59.2 Å². The monoisotopic (exact) mass is 486 g/mol. The molecular formula is C25H30N2O6S. The van der Waals surface area contributed by atoms with Gasteiger partial charge in [0.05, 0.1) is 12.7 Å². The molecule has 4 rings (SSSR count). The third-order valence-electron chi connectivity index (χ3n) is 6.39. The lowest BCUT2D eigenvalue weighted by Gasteiger charge is -2.28. The molecule has 1 saturated heterocycles. The van der Waals surface area contributed by atoms with Crippen LogP contribution in [-0.4, -0.2) is 62.9 Å². The van der Waals surface area contributed by atoms with Gasteiger partial charge in [0.2, 0.25) is 10.0 Å². The Hall–Kier alpha value is -2.91. The predicted octanol–water partition coefficient (Wildman–Crippen LogP) is 3.00. The number of sulfonamides is 1. The summed E-state index contributed by atoms with van der Waals surface area (Å²) in [5, 5.41) is 0. The SMILES string of the molecule is COc1ccc(C(=O)OCC(=O)N2CCc3ccccc3C2)cc1S(=O)(=O)N1CCCCCC1. The molecule has 2 aromatic carbocycles. The first-order chi connectivity index (χ1) is 16.4. The number of esters is 1. The quantitative estimate of drug-likeness (QED) is 0.583. The number of carbonyl (C=O) groups is 2. The van der Waals surface area contributed by atoms with E-state index in [1.165, 1.54) is 35.2 Å². The number of amides is 1. The van der Waals surface area contributed by atoms with Gasteiger partial charge in [-0.25, -0.2) is 13.2 Å². The van der Waals surface area contributed by atoms with E-state index < -0.39 is 22.6 Å². The summed E-state index contributed by atoms with van der Waals surface area (Å²) in [6.07, 6.45) is 4.34. The summed E-state index contributed by atoms with van der Waals surface area (Å²) in [5.74, 6) is -0.863. The Labute approximate surface area is 200 Å². The Bertz CT molecular complexity index is 1160. The highest BCUT2D eigenvalue weighted by Gasteiger charge is 2.30.